The van der Waals surface area contributed by atoms with Crippen LogP contribution in [0.5, 0.6) is 0 Å². The molecule has 8 heteroatoms. The summed E-state index contributed by atoms with van der Waals surface area (Å²) in [6.07, 6.45) is 0. The van der Waals surface area contributed by atoms with Crippen LogP contribution in [0.1, 0.15) is 27.9 Å². The highest BCUT2D eigenvalue weighted by atomic mass is 32.1. The molecule has 0 aliphatic carbocycles. The number of aryl methyl sites for hydroxylation is 1. The van der Waals surface area contributed by atoms with Crippen LogP contribution in [-0.2, 0) is 4.79 Å². The molecule has 0 radical (unpaired) electrons. The van der Waals surface area contributed by atoms with Crippen LogP contribution in [0.3, 0.4) is 0 Å². The van der Waals surface area contributed by atoms with E-state index in [-0.39, 0.29) is 16.5 Å². The van der Waals surface area contributed by atoms with E-state index in [0.29, 0.717) is 21.5 Å². The summed E-state index contributed by atoms with van der Waals surface area (Å²) >= 11 is 1.11. The summed E-state index contributed by atoms with van der Waals surface area (Å²) in [5.74, 6) is -1.84. The van der Waals surface area contributed by atoms with E-state index in [1.54, 1.807) is 37.3 Å². The fourth-order valence-corrected chi connectivity index (χ4v) is 4.68. The molecule has 6 nitrogen and oxygen atoms in total. The van der Waals surface area contributed by atoms with Gasteiger partial charge in [-0.3, -0.25) is 14.5 Å². The monoisotopic (exact) mass is 434 g/mol. The van der Waals surface area contributed by atoms with Gasteiger partial charge < -0.3 is 9.52 Å². The van der Waals surface area contributed by atoms with Gasteiger partial charge in [-0.25, -0.2) is 9.37 Å². The third kappa shape index (κ3) is 3.12. The van der Waals surface area contributed by atoms with Crippen molar-refractivity contribution in [1.29, 1.82) is 0 Å². The molecule has 154 valence electrons. The lowest BCUT2D eigenvalue weighted by Crippen LogP contribution is -2.30. The number of thiazole rings is 1. The highest BCUT2D eigenvalue weighted by molar-refractivity contribution is 7.22. The highest BCUT2D eigenvalue weighted by Gasteiger charge is 2.46. The van der Waals surface area contributed by atoms with Gasteiger partial charge in [0.2, 0.25) is 5.78 Å². The van der Waals surface area contributed by atoms with Crippen molar-refractivity contribution in [3.05, 3.63) is 94.9 Å². The quantitative estimate of drug-likeness (QED) is 0.451. The first-order chi connectivity index (χ1) is 14.9. The Kier molecular flexibility index (Phi) is 4.44. The SMILES string of the molecule is Cc1ccc(C(=O)C2=C(O)C(=O)N(c3nc4ccc(F)cc4s3)C2c2ccccc2)o1. The van der Waals surface area contributed by atoms with Crippen LogP contribution in [0.2, 0.25) is 0 Å². The van der Waals surface area contributed by atoms with Crippen molar-refractivity contribution in [3.63, 3.8) is 0 Å². The number of fused-ring (bicyclic) bond motifs is 1. The predicted molar refractivity (Wildman–Crippen MR) is 114 cm³/mol. The van der Waals surface area contributed by atoms with Gasteiger partial charge in [-0.15, -0.1) is 0 Å². The third-order valence-electron chi connectivity index (χ3n) is 5.08. The Labute approximate surface area is 179 Å². The minimum atomic E-state index is -0.906. The zero-order chi connectivity index (χ0) is 21.7. The third-order valence-corrected chi connectivity index (χ3v) is 6.09. The number of rotatable bonds is 4. The molecule has 5 rings (SSSR count). The smallest absolute Gasteiger partial charge is 0.296 e. The van der Waals surface area contributed by atoms with E-state index in [2.05, 4.69) is 4.98 Å². The van der Waals surface area contributed by atoms with Crippen molar-refractivity contribution >= 4 is 38.4 Å². The maximum Gasteiger partial charge on any atom is 0.296 e. The van der Waals surface area contributed by atoms with Gasteiger partial charge in [-0.2, -0.15) is 0 Å². The van der Waals surface area contributed by atoms with Gasteiger partial charge in [0.15, 0.2) is 16.7 Å². The van der Waals surface area contributed by atoms with E-state index in [1.165, 1.54) is 29.2 Å². The Morgan fingerprint density at radius 1 is 1.16 bits per heavy atom. The average Bonchev–Trinajstić information content (AvgIpc) is 3.44. The Hall–Kier alpha value is -3.78. The fraction of sp³-hybridized carbons (Fsp3) is 0.0870. The number of aromatic nitrogens is 1. The molecule has 0 fully saturated rings. The van der Waals surface area contributed by atoms with Crippen LogP contribution >= 0.6 is 11.3 Å². The van der Waals surface area contributed by atoms with Crippen LogP contribution in [-0.4, -0.2) is 21.8 Å². The molecule has 1 unspecified atom stereocenters. The Balaban J connectivity index is 1.67. The molecular formula is C23H15FN2O4S. The molecule has 4 aromatic rings. The van der Waals surface area contributed by atoms with Crippen molar-refractivity contribution in [2.75, 3.05) is 4.90 Å². The van der Waals surface area contributed by atoms with E-state index >= 15 is 0 Å². The maximum atomic E-state index is 13.7. The lowest BCUT2D eigenvalue weighted by Gasteiger charge is -2.24. The van der Waals surface area contributed by atoms with Crippen molar-refractivity contribution in [2.24, 2.45) is 0 Å². The molecule has 1 aliphatic rings. The minimum absolute atomic E-state index is 0.0287. The summed E-state index contributed by atoms with van der Waals surface area (Å²) in [5, 5.41) is 11.0. The van der Waals surface area contributed by atoms with Gasteiger partial charge in [0.1, 0.15) is 11.6 Å². The highest BCUT2D eigenvalue weighted by Crippen LogP contribution is 2.44. The van der Waals surface area contributed by atoms with Gasteiger partial charge >= 0.3 is 0 Å². The molecule has 3 heterocycles. The predicted octanol–water partition coefficient (Wildman–Crippen LogP) is 5.12. The number of amides is 1. The van der Waals surface area contributed by atoms with Crippen LogP contribution in [0.15, 0.2) is 76.4 Å². The van der Waals surface area contributed by atoms with Gasteiger partial charge in [0.05, 0.1) is 21.8 Å². The molecule has 2 aromatic carbocycles. The molecular weight excluding hydrogens is 419 g/mol. The van der Waals surface area contributed by atoms with Gasteiger partial charge in [-0.1, -0.05) is 41.7 Å². The summed E-state index contributed by atoms with van der Waals surface area (Å²) < 4.78 is 19.7. The van der Waals surface area contributed by atoms with E-state index in [4.69, 9.17) is 4.42 Å². The standard InChI is InChI=1S/C23H15FN2O4S/c1-12-7-10-16(30-12)20(27)18-19(13-5-3-2-4-6-13)26(22(29)21(18)28)23-25-15-9-8-14(24)11-17(15)31-23/h2-11,19,28H,1H3. The summed E-state index contributed by atoms with van der Waals surface area (Å²) in [7, 11) is 0. The first kappa shape index (κ1) is 19.2. The Bertz CT molecular complexity index is 1370. The van der Waals surface area contributed by atoms with Gasteiger partial charge in [0, 0.05) is 0 Å². The summed E-state index contributed by atoms with van der Waals surface area (Å²) in [6, 6.07) is 15.3. The molecule has 1 N–H and O–H groups in total. The zero-order valence-corrected chi connectivity index (χ0v) is 17.0. The van der Waals surface area contributed by atoms with Gasteiger partial charge in [0.25, 0.3) is 5.91 Å². The van der Waals surface area contributed by atoms with Gasteiger partial charge in [-0.05, 0) is 42.8 Å². The van der Waals surface area contributed by atoms with Crippen LogP contribution in [0.25, 0.3) is 10.2 Å². The van der Waals surface area contributed by atoms with Crippen LogP contribution in [0, 0.1) is 12.7 Å². The van der Waals surface area contributed by atoms with E-state index in [1.807, 2.05) is 6.07 Å². The topological polar surface area (TPSA) is 83.6 Å². The second kappa shape index (κ2) is 7.17. The zero-order valence-electron chi connectivity index (χ0n) is 16.2. The summed E-state index contributed by atoms with van der Waals surface area (Å²) in [4.78, 5) is 32.1. The van der Waals surface area contributed by atoms with Crippen molar-refractivity contribution < 1.29 is 23.5 Å². The molecule has 0 spiro atoms. The number of furan rings is 1. The number of Topliss-reactive ketones (excluding diaryl/α,β-unsaturated/α-hetero) is 1. The molecule has 1 amide bonds. The van der Waals surface area contributed by atoms with Crippen LogP contribution < -0.4 is 4.90 Å². The maximum absolute atomic E-state index is 13.7. The molecule has 0 saturated carbocycles. The molecule has 2 aromatic heterocycles. The summed E-state index contributed by atoms with van der Waals surface area (Å²) in [6.45, 7) is 1.70. The Morgan fingerprint density at radius 2 is 1.94 bits per heavy atom. The number of hydrogen-bond donors (Lipinski definition) is 1. The number of anilines is 1. The molecule has 1 aliphatic heterocycles. The van der Waals surface area contributed by atoms with Crippen LogP contribution in [0.4, 0.5) is 9.52 Å². The first-order valence-corrected chi connectivity index (χ1v) is 10.2. The largest absolute Gasteiger partial charge is 0.503 e. The second-order valence-electron chi connectivity index (χ2n) is 7.10. The van der Waals surface area contributed by atoms with Crippen molar-refractivity contribution in [1.82, 2.24) is 4.98 Å². The lowest BCUT2D eigenvalue weighted by atomic mass is 9.95. The number of aliphatic hydroxyl groups excluding tert-OH is 1. The first-order valence-electron chi connectivity index (χ1n) is 9.43. The molecule has 0 saturated heterocycles. The number of aliphatic hydroxyl groups is 1. The molecule has 0 bridgehead atoms. The number of ketones is 1. The van der Waals surface area contributed by atoms with E-state index < -0.39 is 29.3 Å². The number of halogens is 1. The average molecular weight is 434 g/mol. The number of nitrogens with zero attached hydrogens (tertiary/aromatic N) is 2. The molecule has 1 atom stereocenters. The Morgan fingerprint density at radius 3 is 2.65 bits per heavy atom. The molecule has 31 heavy (non-hydrogen) atoms. The summed E-state index contributed by atoms with van der Waals surface area (Å²) in [5.41, 5.74) is 1.05. The normalized spacial score (nSPS) is 16.5. The van der Waals surface area contributed by atoms with Crippen molar-refractivity contribution in [3.8, 4) is 0 Å². The lowest BCUT2D eigenvalue weighted by molar-refractivity contribution is -0.117. The van der Waals surface area contributed by atoms with E-state index in [9.17, 15) is 19.1 Å². The fourth-order valence-electron chi connectivity index (χ4n) is 3.66. The van der Waals surface area contributed by atoms with Crippen molar-refractivity contribution in [2.45, 2.75) is 13.0 Å². The number of carbonyl (C=O) groups is 2. The minimum Gasteiger partial charge on any atom is -0.503 e. The number of hydrogen-bond acceptors (Lipinski definition) is 6. The van der Waals surface area contributed by atoms with E-state index in [0.717, 1.165) is 11.3 Å². The second-order valence-corrected chi connectivity index (χ2v) is 8.11. The number of carbonyl (C=O) groups excluding carboxylic acids is 2. The number of benzene rings is 2.